The molecule has 3 aromatic rings. The summed E-state index contributed by atoms with van der Waals surface area (Å²) in [6.45, 7) is 0.531. The average molecular weight is 272 g/mol. The van der Waals surface area contributed by atoms with Gasteiger partial charge in [0.05, 0.1) is 5.69 Å². The Morgan fingerprint density at radius 2 is 2.05 bits per heavy atom. The van der Waals surface area contributed by atoms with E-state index in [1.807, 2.05) is 53.2 Å². The van der Waals surface area contributed by atoms with Gasteiger partial charge in [-0.25, -0.2) is 4.98 Å². The number of nitrogens with two attached hydrogens (primary N) is 1. The van der Waals surface area contributed by atoms with Crippen LogP contribution < -0.4 is 5.73 Å². The van der Waals surface area contributed by atoms with E-state index < -0.39 is 0 Å². The molecule has 3 rings (SSSR count). The van der Waals surface area contributed by atoms with Gasteiger partial charge in [0, 0.05) is 30.4 Å². The molecule has 4 heteroatoms. The summed E-state index contributed by atoms with van der Waals surface area (Å²) in [4.78, 5) is 4.61. The largest absolute Gasteiger partial charge is 0.326 e. The minimum absolute atomic E-state index is 0.531. The summed E-state index contributed by atoms with van der Waals surface area (Å²) in [5, 5.41) is 0.780. The van der Waals surface area contributed by atoms with Crippen molar-refractivity contribution in [3.63, 3.8) is 0 Å². The van der Waals surface area contributed by atoms with E-state index in [0.29, 0.717) is 6.54 Å². The monoisotopic (exact) mass is 271 g/mol. The summed E-state index contributed by atoms with van der Waals surface area (Å²) >= 11 is 6.17. The van der Waals surface area contributed by atoms with Crippen LogP contribution in [-0.4, -0.2) is 9.38 Å². The molecule has 3 nitrogen and oxygen atoms in total. The smallest absolute Gasteiger partial charge is 0.137 e. The Balaban J connectivity index is 1.95. The Hall–Kier alpha value is -1.84. The van der Waals surface area contributed by atoms with Gasteiger partial charge in [0.25, 0.3) is 0 Å². The summed E-state index contributed by atoms with van der Waals surface area (Å²) < 4.78 is 2.01. The van der Waals surface area contributed by atoms with Gasteiger partial charge in [0.15, 0.2) is 0 Å². The van der Waals surface area contributed by atoms with E-state index in [-0.39, 0.29) is 0 Å². The first-order valence-corrected chi connectivity index (χ1v) is 6.54. The van der Waals surface area contributed by atoms with Gasteiger partial charge in [-0.1, -0.05) is 29.8 Å². The highest BCUT2D eigenvalue weighted by molar-refractivity contribution is 6.31. The van der Waals surface area contributed by atoms with Crippen LogP contribution in [0.15, 0.2) is 48.8 Å². The van der Waals surface area contributed by atoms with Crippen LogP contribution in [0.1, 0.15) is 16.8 Å². The lowest BCUT2D eigenvalue weighted by Gasteiger charge is -2.00. The third-order valence-corrected chi connectivity index (χ3v) is 3.51. The molecule has 19 heavy (non-hydrogen) atoms. The first kappa shape index (κ1) is 12.2. The quantitative estimate of drug-likeness (QED) is 0.796. The summed E-state index contributed by atoms with van der Waals surface area (Å²) in [5.74, 6) is 0. The van der Waals surface area contributed by atoms with Gasteiger partial charge in [0.1, 0.15) is 5.65 Å². The predicted octanol–water partition coefficient (Wildman–Crippen LogP) is 3.04. The molecule has 0 saturated heterocycles. The zero-order valence-electron chi connectivity index (χ0n) is 10.4. The van der Waals surface area contributed by atoms with Crippen LogP contribution in [0.5, 0.6) is 0 Å². The predicted molar refractivity (Wildman–Crippen MR) is 77.3 cm³/mol. The topological polar surface area (TPSA) is 43.3 Å². The van der Waals surface area contributed by atoms with E-state index in [1.54, 1.807) is 0 Å². The molecular weight excluding hydrogens is 258 g/mol. The molecule has 0 atom stereocenters. The van der Waals surface area contributed by atoms with Crippen molar-refractivity contribution in [3.8, 4) is 0 Å². The minimum Gasteiger partial charge on any atom is -0.326 e. The van der Waals surface area contributed by atoms with Crippen LogP contribution >= 0.6 is 11.6 Å². The molecule has 0 spiro atoms. The highest BCUT2D eigenvalue weighted by Crippen LogP contribution is 2.19. The molecule has 0 fully saturated rings. The molecule has 2 aromatic heterocycles. The van der Waals surface area contributed by atoms with Gasteiger partial charge in [0.2, 0.25) is 0 Å². The standard InChI is InChI=1S/C15H14ClN3/c16-14-4-2-1-3-12(14)8-13-10-19-6-5-11(9-17)7-15(19)18-13/h1-7,10H,8-9,17H2. The number of imidazole rings is 1. The summed E-state index contributed by atoms with van der Waals surface area (Å²) in [6.07, 6.45) is 4.75. The highest BCUT2D eigenvalue weighted by Gasteiger charge is 2.05. The lowest BCUT2D eigenvalue weighted by atomic mass is 10.1. The Morgan fingerprint density at radius 3 is 2.84 bits per heavy atom. The molecule has 0 unspecified atom stereocenters. The Kier molecular flexibility index (Phi) is 3.23. The van der Waals surface area contributed by atoms with E-state index in [1.165, 1.54) is 0 Å². The molecule has 0 aliphatic carbocycles. The van der Waals surface area contributed by atoms with Crippen LogP contribution in [0.2, 0.25) is 5.02 Å². The van der Waals surface area contributed by atoms with Crippen LogP contribution in [0.3, 0.4) is 0 Å². The summed E-state index contributed by atoms with van der Waals surface area (Å²) in [5.41, 5.74) is 9.74. The molecule has 96 valence electrons. The maximum atomic E-state index is 6.17. The number of hydrogen-bond donors (Lipinski definition) is 1. The van der Waals surface area contributed by atoms with Crippen molar-refractivity contribution in [3.05, 3.63) is 70.6 Å². The average Bonchev–Trinajstić information content (AvgIpc) is 2.82. The second kappa shape index (κ2) is 5.03. The van der Waals surface area contributed by atoms with Gasteiger partial charge in [-0.15, -0.1) is 0 Å². The number of nitrogens with zero attached hydrogens (tertiary/aromatic N) is 2. The maximum Gasteiger partial charge on any atom is 0.137 e. The summed E-state index contributed by atoms with van der Waals surface area (Å²) in [6, 6.07) is 11.9. The normalized spacial score (nSPS) is 11.1. The molecule has 0 aliphatic rings. The zero-order chi connectivity index (χ0) is 13.2. The fourth-order valence-electron chi connectivity index (χ4n) is 2.13. The number of pyridine rings is 1. The van der Waals surface area contributed by atoms with Crippen molar-refractivity contribution in [2.24, 2.45) is 5.73 Å². The molecule has 0 saturated carbocycles. The molecule has 0 bridgehead atoms. The lowest BCUT2D eigenvalue weighted by molar-refractivity contribution is 1.05. The first-order valence-electron chi connectivity index (χ1n) is 6.16. The van der Waals surface area contributed by atoms with Crippen molar-refractivity contribution >= 4 is 17.2 Å². The number of aromatic nitrogens is 2. The van der Waals surface area contributed by atoms with Crippen molar-refractivity contribution in [1.29, 1.82) is 0 Å². The van der Waals surface area contributed by atoms with Crippen LogP contribution in [0.4, 0.5) is 0 Å². The van der Waals surface area contributed by atoms with E-state index >= 15 is 0 Å². The van der Waals surface area contributed by atoms with Gasteiger partial charge >= 0.3 is 0 Å². The molecule has 2 heterocycles. The zero-order valence-corrected chi connectivity index (χ0v) is 11.1. The van der Waals surface area contributed by atoms with Crippen molar-refractivity contribution < 1.29 is 0 Å². The van der Waals surface area contributed by atoms with E-state index in [2.05, 4.69) is 4.98 Å². The van der Waals surface area contributed by atoms with Crippen molar-refractivity contribution in [1.82, 2.24) is 9.38 Å². The molecule has 1 aromatic carbocycles. The van der Waals surface area contributed by atoms with E-state index in [0.717, 1.165) is 33.9 Å². The number of fused-ring (bicyclic) bond motifs is 1. The maximum absolute atomic E-state index is 6.17. The second-order valence-corrected chi connectivity index (χ2v) is 4.91. The van der Waals surface area contributed by atoms with Crippen molar-refractivity contribution in [2.75, 3.05) is 0 Å². The molecule has 0 radical (unpaired) electrons. The highest BCUT2D eigenvalue weighted by atomic mass is 35.5. The number of benzene rings is 1. The van der Waals surface area contributed by atoms with Crippen molar-refractivity contribution in [2.45, 2.75) is 13.0 Å². The van der Waals surface area contributed by atoms with Crippen LogP contribution in [-0.2, 0) is 13.0 Å². The Labute approximate surface area is 116 Å². The Morgan fingerprint density at radius 1 is 1.21 bits per heavy atom. The summed E-state index contributed by atoms with van der Waals surface area (Å²) in [7, 11) is 0. The van der Waals surface area contributed by atoms with Gasteiger partial charge in [-0.2, -0.15) is 0 Å². The molecule has 2 N–H and O–H groups in total. The third kappa shape index (κ3) is 2.48. The lowest BCUT2D eigenvalue weighted by Crippen LogP contribution is -1.96. The fraction of sp³-hybridized carbons (Fsp3) is 0.133. The van der Waals surface area contributed by atoms with Gasteiger partial charge in [-0.3, -0.25) is 0 Å². The minimum atomic E-state index is 0.531. The molecule has 0 aliphatic heterocycles. The van der Waals surface area contributed by atoms with Gasteiger partial charge in [-0.05, 0) is 29.3 Å². The number of rotatable bonds is 3. The van der Waals surface area contributed by atoms with E-state index in [9.17, 15) is 0 Å². The molecular formula is C15H14ClN3. The fourth-order valence-corrected chi connectivity index (χ4v) is 2.33. The number of hydrogen-bond acceptors (Lipinski definition) is 2. The van der Waals surface area contributed by atoms with Crippen LogP contribution in [0.25, 0.3) is 5.65 Å². The third-order valence-electron chi connectivity index (χ3n) is 3.14. The van der Waals surface area contributed by atoms with Crippen LogP contribution in [0, 0.1) is 0 Å². The second-order valence-electron chi connectivity index (χ2n) is 4.51. The first-order chi connectivity index (χ1) is 9.26. The van der Waals surface area contributed by atoms with E-state index in [4.69, 9.17) is 17.3 Å². The SMILES string of the molecule is NCc1ccn2cc(Cc3ccccc3Cl)nc2c1. The van der Waals surface area contributed by atoms with Gasteiger partial charge < -0.3 is 10.1 Å². The number of halogens is 1. The Bertz CT molecular complexity index is 718. The molecule has 0 amide bonds.